The molecule has 32 heavy (non-hydrogen) atoms. The molecule has 2 fully saturated rings. The van der Waals surface area contributed by atoms with E-state index in [2.05, 4.69) is 10.2 Å². The molecule has 0 aliphatic carbocycles. The standard InChI is InChI=1S/C23H25F3N4O2/c1-28-11-13-29(14-12-28)18-8-9-20(19(15-18)23(24,25)26)27-22(32)16-4-6-17(7-5-16)30-10-2-3-21(30)31/h4-9,15H,2-3,10-14H2,1H3,(H,27,32). The second kappa shape index (κ2) is 8.82. The lowest BCUT2D eigenvalue weighted by Gasteiger charge is -2.34. The molecular formula is C23H25F3N4O2. The molecule has 170 valence electrons. The normalized spacial score (nSPS) is 17.7. The Hall–Kier alpha value is -3.07. The highest BCUT2D eigenvalue weighted by atomic mass is 19.4. The summed E-state index contributed by atoms with van der Waals surface area (Å²) in [6, 6.07) is 10.3. The third kappa shape index (κ3) is 4.72. The number of hydrogen-bond acceptors (Lipinski definition) is 4. The van der Waals surface area contributed by atoms with Crippen molar-refractivity contribution in [1.82, 2.24) is 4.90 Å². The van der Waals surface area contributed by atoms with Gasteiger partial charge in [-0.15, -0.1) is 0 Å². The Morgan fingerprint density at radius 1 is 0.938 bits per heavy atom. The second-order valence-corrected chi connectivity index (χ2v) is 8.17. The molecule has 0 unspecified atom stereocenters. The molecule has 9 heteroatoms. The maximum absolute atomic E-state index is 13.8. The smallest absolute Gasteiger partial charge is 0.369 e. The van der Waals surface area contributed by atoms with E-state index in [9.17, 15) is 22.8 Å². The topological polar surface area (TPSA) is 55.9 Å². The van der Waals surface area contributed by atoms with Crippen LogP contribution in [-0.4, -0.2) is 56.5 Å². The minimum atomic E-state index is -4.61. The molecule has 0 spiro atoms. The van der Waals surface area contributed by atoms with Gasteiger partial charge >= 0.3 is 6.18 Å². The molecule has 4 rings (SSSR count). The van der Waals surface area contributed by atoms with Gasteiger partial charge in [0.05, 0.1) is 11.3 Å². The van der Waals surface area contributed by atoms with Crippen LogP contribution in [0, 0.1) is 0 Å². The van der Waals surface area contributed by atoms with E-state index >= 15 is 0 Å². The highest BCUT2D eigenvalue weighted by Gasteiger charge is 2.35. The zero-order valence-electron chi connectivity index (χ0n) is 17.8. The van der Waals surface area contributed by atoms with Gasteiger partial charge in [0.2, 0.25) is 5.91 Å². The number of carbonyl (C=O) groups is 2. The van der Waals surface area contributed by atoms with Crippen molar-refractivity contribution in [3.63, 3.8) is 0 Å². The first-order valence-electron chi connectivity index (χ1n) is 10.6. The first-order chi connectivity index (χ1) is 15.2. The molecule has 0 saturated carbocycles. The SMILES string of the molecule is CN1CCN(c2ccc(NC(=O)c3ccc(N4CCCC4=O)cc3)c(C(F)(F)F)c2)CC1. The first kappa shape index (κ1) is 22.1. The summed E-state index contributed by atoms with van der Waals surface area (Å²) in [5.41, 5.74) is 0.233. The Balaban J connectivity index is 1.52. The van der Waals surface area contributed by atoms with Crippen LogP contribution in [0.1, 0.15) is 28.8 Å². The van der Waals surface area contributed by atoms with Crippen LogP contribution in [0.25, 0.3) is 0 Å². The van der Waals surface area contributed by atoms with Gasteiger partial charge in [-0.3, -0.25) is 9.59 Å². The quantitative estimate of drug-likeness (QED) is 0.776. The Kier molecular flexibility index (Phi) is 6.10. The molecule has 0 atom stereocenters. The van der Waals surface area contributed by atoms with Crippen LogP contribution in [0.4, 0.5) is 30.2 Å². The van der Waals surface area contributed by atoms with Crippen LogP contribution in [0.5, 0.6) is 0 Å². The molecule has 2 aromatic carbocycles. The number of likely N-dealkylation sites (N-methyl/N-ethyl adjacent to an activating group) is 1. The minimum absolute atomic E-state index is 0.0254. The summed E-state index contributed by atoms with van der Waals surface area (Å²) in [5.74, 6) is -0.611. The van der Waals surface area contributed by atoms with Crippen molar-refractivity contribution in [1.29, 1.82) is 0 Å². The molecule has 0 radical (unpaired) electrons. The van der Waals surface area contributed by atoms with Crippen molar-refractivity contribution >= 4 is 28.9 Å². The Labute approximate surface area is 184 Å². The van der Waals surface area contributed by atoms with Crippen molar-refractivity contribution in [2.24, 2.45) is 0 Å². The summed E-state index contributed by atoms with van der Waals surface area (Å²) in [7, 11) is 1.98. The van der Waals surface area contributed by atoms with Crippen molar-refractivity contribution in [2.45, 2.75) is 19.0 Å². The number of amides is 2. The van der Waals surface area contributed by atoms with Crippen molar-refractivity contribution in [3.05, 3.63) is 53.6 Å². The van der Waals surface area contributed by atoms with Gasteiger partial charge in [-0.1, -0.05) is 0 Å². The van der Waals surface area contributed by atoms with Gasteiger partial charge in [0.15, 0.2) is 0 Å². The molecule has 2 saturated heterocycles. The monoisotopic (exact) mass is 446 g/mol. The molecule has 1 N–H and O–H groups in total. The van der Waals surface area contributed by atoms with Crippen molar-refractivity contribution in [2.75, 3.05) is 54.9 Å². The summed E-state index contributed by atoms with van der Waals surface area (Å²) < 4.78 is 41.3. The third-order valence-corrected chi connectivity index (χ3v) is 5.94. The maximum atomic E-state index is 13.8. The highest BCUT2D eigenvalue weighted by Crippen LogP contribution is 2.38. The Bertz CT molecular complexity index is 999. The fourth-order valence-corrected chi connectivity index (χ4v) is 4.05. The van der Waals surface area contributed by atoms with Crippen LogP contribution < -0.4 is 15.1 Å². The highest BCUT2D eigenvalue weighted by molar-refractivity contribution is 6.05. The zero-order chi connectivity index (χ0) is 22.9. The van der Waals surface area contributed by atoms with Crippen LogP contribution in [0.2, 0.25) is 0 Å². The fourth-order valence-electron chi connectivity index (χ4n) is 4.05. The number of benzene rings is 2. The van der Waals surface area contributed by atoms with Gasteiger partial charge in [0, 0.05) is 56.1 Å². The van der Waals surface area contributed by atoms with E-state index in [4.69, 9.17) is 0 Å². The van der Waals surface area contributed by atoms with Crippen LogP contribution in [0.3, 0.4) is 0 Å². The lowest BCUT2D eigenvalue weighted by atomic mass is 10.1. The average molecular weight is 446 g/mol. The van der Waals surface area contributed by atoms with Gasteiger partial charge in [0.1, 0.15) is 0 Å². The van der Waals surface area contributed by atoms with Crippen molar-refractivity contribution < 1.29 is 22.8 Å². The van der Waals surface area contributed by atoms with E-state index in [1.165, 1.54) is 18.2 Å². The molecule has 0 aromatic heterocycles. The van der Waals surface area contributed by atoms with E-state index in [-0.39, 0.29) is 17.2 Å². The number of anilines is 3. The van der Waals surface area contributed by atoms with E-state index in [0.717, 1.165) is 25.6 Å². The molecule has 2 amide bonds. The molecule has 2 aliphatic rings. The van der Waals surface area contributed by atoms with Crippen molar-refractivity contribution in [3.8, 4) is 0 Å². The molecule has 6 nitrogen and oxygen atoms in total. The Morgan fingerprint density at radius 3 is 2.19 bits per heavy atom. The molecule has 0 bridgehead atoms. The summed E-state index contributed by atoms with van der Waals surface area (Å²) in [6.45, 7) is 3.47. The summed E-state index contributed by atoms with van der Waals surface area (Å²) >= 11 is 0. The number of nitrogens with one attached hydrogen (secondary N) is 1. The number of piperazine rings is 1. The van der Waals surface area contributed by atoms with Crippen LogP contribution >= 0.6 is 0 Å². The minimum Gasteiger partial charge on any atom is -0.369 e. The number of hydrogen-bond donors (Lipinski definition) is 1. The molecule has 2 aliphatic heterocycles. The lowest BCUT2D eigenvalue weighted by molar-refractivity contribution is -0.136. The summed E-state index contributed by atoms with van der Waals surface area (Å²) in [5, 5.41) is 2.40. The van der Waals surface area contributed by atoms with E-state index in [1.54, 1.807) is 23.1 Å². The first-order valence-corrected chi connectivity index (χ1v) is 10.6. The van der Waals surface area contributed by atoms with E-state index in [0.29, 0.717) is 37.4 Å². The molecule has 2 aromatic rings. The summed E-state index contributed by atoms with van der Waals surface area (Å²) in [6.07, 6.45) is -3.33. The van der Waals surface area contributed by atoms with Gasteiger partial charge in [-0.05, 0) is 55.9 Å². The second-order valence-electron chi connectivity index (χ2n) is 8.17. The van der Waals surface area contributed by atoms with Gasteiger partial charge in [-0.2, -0.15) is 13.2 Å². The van der Waals surface area contributed by atoms with Gasteiger partial charge in [0.25, 0.3) is 5.91 Å². The number of halogens is 3. The Morgan fingerprint density at radius 2 is 1.59 bits per heavy atom. The van der Waals surface area contributed by atoms with Gasteiger partial charge < -0.3 is 20.0 Å². The number of nitrogens with zero attached hydrogens (tertiary/aromatic N) is 3. The lowest BCUT2D eigenvalue weighted by Crippen LogP contribution is -2.44. The fraction of sp³-hybridized carbons (Fsp3) is 0.391. The van der Waals surface area contributed by atoms with E-state index in [1.807, 2.05) is 11.9 Å². The van der Waals surface area contributed by atoms with Crippen LogP contribution in [-0.2, 0) is 11.0 Å². The molecule has 2 heterocycles. The summed E-state index contributed by atoms with van der Waals surface area (Å²) in [4.78, 5) is 30.2. The van der Waals surface area contributed by atoms with Gasteiger partial charge in [-0.25, -0.2) is 0 Å². The zero-order valence-corrected chi connectivity index (χ0v) is 17.8. The number of rotatable bonds is 4. The maximum Gasteiger partial charge on any atom is 0.418 e. The largest absolute Gasteiger partial charge is 0.418 e. The molecular weight excluding hydrogens is 421 g/mol. The van der Waals surface area contributed by atoms with E-state index < -0.39 is 17.6 Å². The third-order valence-electron chi connectivity index (χ3n) is 5.94. The predicted octanol–water partition coefficient (Wildman–Crippen LogP) is 3.84. The number of alkyl halides is 3. The van der Waals surface area contributed by atoms with Crippen LogP contribution in [0.15, 0.2) is 42.5 Å². The predicted molar refractivity (Wildman–Crippen MR) is 117 cm³/mol. The number of carbonyl (C=O) groups excluding carboxylic acids is 2. The average Bonchev–Trinajstić information content (AvgIpc) is 3.20.